The van der Waals surface area contributed by atoms with Gasteiger partial charge in [-0.2, -0.15) is 0 Å². The number of amides is 1. The number of fused-ring (bicyclic) bond motifs is 1. The van der Waals surface area contributed by atoms with Crippen molar-refractivity contribution in [2.24, 2.45) is 5.92 Å². The molecule has 3 aromatic rings. The topological polar surface area (TPSA) is 78.5 Å². The predicted molar refractivity (Wildman–Crippen MR) is 133 cm³/mol. The summed E-state index contributed by atoms with van der Waals surface area (Å²) >= 11 is 0. The minimum atomic E-state index is -3.54. The van der Waals surface area contributed by atoms with Crippen LogP contribution in [0.2, 0.25) is 0 Å². The predicted octanol–water partition coefficient (Wildman–Crippen LogP) is 4.17. The quantitative estimate of drug-likeness (QED) is 0.549. The highest BCUT2D eigenvalue weighted by molar-refractivity contribution is 7.89. The number of hydrogen-bond donors (Lipinski definition) is 2. The number of nitrogens with zero attached hydrogens (tertiary/aromatic N) is 1. The van der Waals surface area contributed by atoms with E-state index in [-0.39, 0.29) is 22.8 Å². The standard InChI is InChI=1S/C26H31N3O3S/c1-19-9-13-25(14-10-19)33(31,32)27-17-21-6-5-15-29(18-21)20(2)26(30)28-24-12-11-22-7-3-4-8-23(22)16-24/h3-4,7-14,16,20-21,27H,5-6,15,17-18H2,1-2H3,(H,28,30). The van der Waals surface area contributed by atoms with Crippen LogP contribution in [0.4, 0.5) is 5.69 Å². The van der Waals surface area contributed by atoms with Gasteiger partial charge < -0.3 is 5.32 Å². The maximum Gasteiger partial charge on any atom is 0.241 e. The van der Waals surface area contributed by atoms with E-state index in [1.54, 1.807) is 24.3 Å². The molecule has 0 radical (unpaired) electrons. The number of likely N-dealkylation sites (tertiary alicyclic amines) is 1. The number of nitrogens with one attached hydrogen (secondary N) is 2. The highest BCUT2D eigenvalue weighted by Gasteiger charge is 2.28. The highest BCUT2D eigenvalue weighted by atomic mass is 32.2. The van der Waals surface area contributed by atoms with Crippen LogP contribution in [0.3, 0.4) is 0 Å². The smallest absolute Gasteiger partial charge is 0.241 e. The zero-order valence-corrected chi connectivity index (χ0v) is 19.9. The fourth-order valence-electron chi connectivity index (χ4n) is 4.32. The maximum absolute atomic E-state index is 12.9. The van der Waals surface area contributed by atoms with Crippen LogP contribution >= 0.6 is 0 Å². The summed E-state index contributed by atoms with van der Waals surface area (Å²) in [5.41, 5.74) is 1.80. The summed E-state index contributed by atoms with van der Waals surface area (Å²) in [4.78, 5) is 15.3. The lowest BCUT2D eigenvalue weighted by molar-refractivity contribution is -0.121. The summed E-state index contributed by atoms with van der Waals surface area (Å²) in [5.74, 6) is 0.112. The van der Waals surface area contributed by atoms with Crippen molar-refractivity contribution in [3.63, 3.8) is 0 Å². The minimum Gasteiger partial charge on any atom is -0.325 e. The van der Waals surface area contributed by atoms with E-state index in [0.717, 1.165) is 41.4 Å². The molecule has 0 spiro atoms. The van der Waals surface area contributed by atoms with Crippen LogP contribution in [0.1, 0.15) is 25.3 Å². The van der Waals surface area contributed by atoms with Crippen molar-refractivity contribution in [2.45, 2.75) is 37.6 Å². The molecule has 2 atom stereocenters. The molecule has 33 heavy (non-hydrogen) atoms. The first kappa shape index (κ1) is 23.4. The summed E-state index contributed by atoms with van der Waals surface area (Å²) < 4.78 is 28.0. The molecule has 1 fully saturated rings. The average Bonchev–Trinajstić information content (AvgIpc) is 2.83. The van der Waals surface area contributed by atoms with Gasteiger partial charge >= 0.3 is 0 Å². The Morgan fingerprint density at radius 3 is 2.55 bits per heavy atom. The van der Waals surface area contributed by atoms with Crippen LogP contribution in [-0.2, 0) is 14.8 Å². The van der Waals surface area contributed by atoms with E-state index in [4.69, 9.17) is 0 Å². The van der Waals surface area contributed by atoms with Gasteiger partial charge in [0.2, 0.25) is 15.9 Å². The van der Waals surface area contributed by atoms with Crippen molar-refractivity contribution in [1.29, 1.82) is 0 Å². The Labute approximate surface area is 196 Å². The summed E-state index contributed by atoms with van der Waals surface area (Å²) in [7, 11) is -3.54. The molecule has 1 amide bonds. The number of benzene rings is 3. The molecular weight excluding hydrogens is 434 g/mol. The molecule has 3 aromatic carbocycles. The fourth-order valence-corrected chi connectivity index (χ4v) is 5.44. The average molecular weight is 466 g/mol. The SMILES string of the molecule is Cc1ccc(S(=O)(=O)NCC2CCCN(C(C)C(=O)Nc3ccc4ccccc4c3)C2)cc1. The number of carbonyl (C=O) groups is 1. The molecular formula is C26H31N3O3S. The molecule has 1 heterocycles. The normalized spacial score (nSPS) is 18.2. The van der Waals surface area contributed by atoms with E-state index in [1.807, 2.05) is 56.3 Å². The monoisotopic (exact) mass is 465 g/mol. The Kier molecular flexibility index (Phi) is 7.12. The zero-order valence-electron chi connectivity index (χ0n) is 19.1. The molecule has 174 valence electrons. The van der Waals surface area contributed by atoms with Crippen molar-refractivity contribution >= 4 is 32.4 Å². The van der Waals surface area contributed by atoms with E-state index < -0.39 is 10.0 Å². The van der Waals surface area contributed by atoms with E-state index in [2.05, 4.69) is 14.9 Å². The van der Waals surface area contributed by atoms with Gasteiger partial charge in [-0.1, -0.05) is 48.0 Å². The van der Waals surface area contributed by atoms with Gasteiger partial charge in [-0.15, -0.1) is 0 Å². The third kappa shape index (κ3) is 5.79. The lowest BCUT2D eigenvalue weighted by Gasteiger charge is -2.36. The van der Waals surface area contributed by atoms with Crippen LogP contribution < -0.4 is 10.0 Å². The fraction of sp³-hybridized carbons (Fsp3) is 0.346. The van der Waals surface area contributed by atoms with E-state index in [9.17, 15) is 13.2 Å². The van der Waals surface area contributed by atoms with Gasteiger partial charge in [-0.25, -0.2) is 13.1 Å². The van der Waals surface area contributed by atoms with Gasteiger partial charge in [0.05, 0.1) is 10.9 Å². The number of aryl methyl sites for hydroxylation is 1. The number of carbonyl (C=O) groups excluding carboxylic acids is 1. The van der Waals surface area contributed by atoms with Crippen LogP contribution in [0.25, 0.3) is 10.8 Å². The second kappa shape index (κ2) is 10.0. The van der Waals surface area contributed by atoms with Crippen LogP contribution in [0.5, 0.6) is 0 Å². The summed E-state index contributed by atoms with van der Waals surface area (Å²) in [5, 5.41) is 5.26. The molecule has 0 aliphatic carbocycles. The molecule has 0 bridgehead atoms. The Morgan fingerprint density at radius 1 is 1.06 bits per heavy atom. The number of rotatable bonds is 7. The third-order valence-corrected chi connectivity index (χ3v) is 7.83. The van der Waals surface area contributed by atoms with Gasteiger partial charge in [0.15, 0.2) is 0 Å². The van der Waals surface area contributed by atoms with Gasteiger partial charge in [-0.05, 0) is 74.2 Å². The Balaban J connectivity index is 1.34. The van der Waals surface area contributed by atoms with Crippen molar-refractivity contribution in [3.05, 3.63) is 72.3 Å². The number of sulfonamides is 1. The lowest BCUT2D eigenvalue weighted by Crippen LogP contribution is -2.48. The molecule has 2 N–H and O–H groups in total. The lowest BCUT2D eigenvalue weighted by atomic mass is 9.97. The molecule has 6 nitrogen and oxygen atoms in total. The summed E-state index contributed by atoms with van der Waals surface area (Å²) in [6.07, 6.45) is 1.87. The minimum absolute atomic E-state index is 0.0498. The molecule has 7 heteroatoms. The molecule has 1 saturated heterocycles. The van der Waals surface area contributed by atoms with Crippen LogP contribution in [0, 0.1) is 12.8 Å². The summed E-state index contributed by atoms with van der Waals surface area (Å²) in [6, 6.07) is 20.5. The number of anilines is 1. The first-order valence-corrected chi connectivity index (χ1v) is 12.9. The molecule has 4 rings (SSSR count). The number of piperidine rings is 1. The molecule has 1 aliphatic heterocycles. The molecule has 0 saturated carbocycles. The van der Waals surface area contributed by atoms with Crippen molar-refractivity contribution in [2.75, 3.05) is 25.0 Å². The van der Waals surface area contributed by atoms with E-state index >= 15 is 0 Å². The molecule has 2 unspecified atom stereocenters. The first-order chi connectivity index (χ1) is 15.8. The van der Waals surface area contributed by atoms with Gasteiger partial charge in [0, 0.05) is 18.8 Å². The van der Waals surface area contributed by atoms with E-state index in [1.165, 1.54) is 0 Å². The van der Waals surface area contributed by atoms with Crippen LogP contribution in [-0.4, -0.2) is 44.9 Å². The van der Waals surface area contributed by atoms with E-state index in [0.29, 0.717) is 13.1 Å². The number of hydrogen-bond acceptors (Lipinski definition) is 4. The second-order valence-corrected chi connectivity index (χ2v) is 10.7. The maximum atomic E-state index is 12.9. The third-order valence-electron chi connectivity index (χ3n) is 6.39. The van der Waals surface area contributed by atoms with Gasteiger partial charge in [0.1, 0.15) is 0 Å². The van der Waals surface area contributed by atoms with Gasteiger partial charge in [0.25, 0.3) is 0 Å². The van der Waals surface area contributed by atoms with Crippen molar-refractivity contribution < 1.29 is 13.2 Å². The molecule has 0 aromatic heterocycles. The highest BCUT2D eigenvalue weighted by Crippen LogP contribution is 2.22. The Bertz CT molecular complexity index is 1230. The largest absolute Gasteiger partial charge is 0.325 e. The Morgan fingerprint density at radius 2 is 1.79 bits per heavy atom. The van der Waals surface area contributed by atoms with Gasteiger partial charge in [-0.3, -0.25) is 9.69 Å². The second-order valence-electron chi connectivity index (χ2n) is 8.90. The molecule has 1 aliphatic rings. The first-order valence-electron chi connectivity index (χ1n) is 11.4. The van der Waals surface area contributed by atoms with Crippen LogP contribution in [0.15, 0.2) is 71.6 Å². The Hall–Kier alpha value is -2.74. The summed E-state index contributed by atoms with van der Waals surface area (Å²) in [6.45, 7) is 5.72. The van der Waals surface area contributed by atoms with Crippen molar-refractivity contribution in [1.82, 2.24) is 9.62 Å². The van der Waals surface area contributed by atoms with Crippen molar-refractivity contribution in [3.8, 4) is 0 Å². The zero-order chi connectivity index (χ0) is 23.4.